The highest BCUT2D eigenvalue weighted by atomic mass is 19.4. The van der Waals surface area contributed by atoms with Gasteiger partial charge in [0.2, 0.25) is 0 Å². The van der Waals surface area contributed by atoms with Gasteiger partial charge in [0.25, 0.3) is 0 Å². The molecule has 0 spiro atoms. The first kappa shape index (κ1) is 15.6. The summed E-state index contributed by atoms with van der Waals surface area (Å²) in [5.74, 6) is 0.609. The molecule has 0 radical (unpaired) electrons. The second-order valence-corrected chi connectivity index (χ2v) is 3.84. The topological polar surface area (TPSA) is 50.7 Å². The third-order valence-electron chi connectivity index (χ3n) is 2.30. The number of nitrogens with one attached hydrogen (secondary N) is 1. The molecule has 7 heteroatoms. The lowest BCUT2D eigenvalue weighted by Gasteiger charge is -2.10. The summed E-state index contributed by atoms with van der Waals surface area (Å²) < 4.78 is 44.7. The van der Waals surface area contributed by atoms with Gasteiger partial charge in [0.05, 0.1) is 13.7 Å². The Labute approximate surface area is 109 Å². The fourth-order valence-corrected chi connectivity index (χ4v) is 1.38. The van der Waals surface area contributed by atoms with E-state index < -0.39 is 12.8 Å². The average Bonchev–Trinajstić information content (AvgIpc) is 2.33. The zero-order valence-corrected chi connectivity index (χ0v) is 10.5. The zero-order valence-electron chi connectivity index (χ0n) is 10.5. The Hall–Kier alpha value is -1.47. The van der Waals surface area contributed by atoms with Crippen molar-refractivity contribution in [3.8, 4) is 11.5 Å². The first-order chi connectivity index (χ1) is 8.92. The molecule has 0 heterocycles. The number of hydrogen-bond acceptors (Lipinski definition) is 4. The van der Waals surface area contributed by atoms with Crippen LogP contribution in [-0.2, 0) is 11.3 Å². The van der Waals surface area contributed by atoms with E-state index in [1.807, 2.05) is 0 Å². The predicted molar refractivity (Wildman–Crippen MR) is 63.2 cm³/mol. The Bertz CT molecular complexity index is 396. The summed E-state index contributed by atoms with van der Waals surface area (Å²) >= 11 is 0. The van der Waals surface area contributed by atoms with E-state index in [1.165, 1.54) is 13.2 Å². The first-order valence-corrected chi connectivity index (χ1v) is 5.63. The van der Waals surface area contributed by atoms with Crippen molar-refractivity contribution < 1.29 is 27.8 Å². The van der Waals surface area contributed by atoms with Gasteiger partial charge >= 0.3 is 6.18 Å². The fraction of sp³-hybridized carbons (Fsp3) is 0.500. The zero-order chi connectivity index (χ0) is 14.3. The van der Waals surface area contributed by atoms with Crippen molar-refractivity contribution in [3.63, 3.8) is 0 Å². The van der Waals surface area contributed by atoms with E-state index in [0.29, 0.717) is 17.9 Å². The van der Waals surface area contributed by atoms with Crippen molar-refractivity contribution in [3.05, 3.63) is 23.8 Å². The highest BCUT2D eigenvalue weighted by Gasteiger charge is 2.27. The summed E-state index contributed by atoms with van der Waals surface area (Å²) in [5.41, 5.74) is 0.636. The number of phenols is 1. The Kier molecular flexibility index (Phi) is 5.91. The molecule has 108 valence electrons. The minimum Gasteiger partial charge on any atom is -0.507 e. The lowest BCUT2D eigenvalue weighted by atomic mass is 10.2. The number of methoxy groups -OCH3 is 1. The summed E-state index contributed by atoms with van der Waals surface area (Å²) in [6, 6.07) is 4.84. The normalized spacial score (nSPS) is 11.6. The van der Waals surface area contributed by atoms with Gasteiger partial charge in [0.1, 0.15) is 18.1 Å². The Morgan fingerprint density at radius 2 is 2.05 bits per heavy atom. The molecule has 0 aliphatic heterocycles. The Balaban J connectivity index is 2.23. The van der Waals surface area contributed by atoms with Crippen molar-refractivity contribution in [2.24, 2.45) is 0 Å². The molecule has 0 bridgehead atoms. The smallest absolute Gasteiger partial charge is 0.411 e. The standard InChI is InChI=1S/C12H16F3NO3/c1-18-10-3-2-9(11(17)6-10)7-16-4-5-19-8-12(13,14)15/h2-3,6,16-17H,4-5,7-8H2,1H3. The number of rotatable bonds is 7. The van der Waals surface area contributed by atoms with E-state index in [1.54, 1.807) is 12.1 Å². The lowest BCUT2D eigenvalue weighted by molar-refractivity contribution is -0.173. The number of benzene rings is 1. The number of halogens is 3. The van der Waals surface area contributed by atoms with Gasteiger partial charge in [-0.2, -0.15) is 13.2 Å². The van der Waals surface area contributed by atoms with Gasteiger partial charge in [-0.1, -0.05) is 6.07 Å². The van der Waals surface area contributed by atoms with Crippen LogP contribution < -0.4 is 10.1 Å². The van der Waals surface area contributed by atoms with Crippen LogP contribution in [0, 0.1) is 0 Å². The second kappa shape index (κ2) is 7.20. The SMILES string of the molecule is COc1ccc(CNCCOCC(F)(F)F)c(O)c1. The summed E-state index contributed by atoms with van der Waals surface area (Å²) in [4.78, 5) is 0. The molecule has 1 rings (SSSR count). The number of hydrogen-bond donors (Lipinski definition) is 2. The highest BCUT2D eigenvalue weighted by Crippen LogP contribution is 2.22. The van der Waals surface area contributed by atoms with E-state index in [-0.39, 0.29) is 18.9 Å². The quantitative estimate of drug-likeness (QED) is 0.750. The molecule has 4 nitrogen and oxygen atoms in total. The molecule has 0 atom stereocenters. The monoisotopic (exact) mass is 279 g/mol. The third-order valence-corrected chi connectivity index (χ3v) is 2.30. The van der Waals surface area contributed by atoms with Gasteiger partial charge in [-0.15, -0.1) is 0 Å². The van der Waals surface area contributed by atoms with Crippen molar-refractivity contribution >= 4 is 0 Å². The summed E-state index contributed by atoms with van der Waals surface area (Å²) in [6.07, 6.45) is -4.30. The van der Waals surface area contributed by atoms with Gasteiger partial charge in [-0.25, -0.2) is 0 Å². The van der Waals surface area contributed by atoms with Crippen LogP contribution in [0.25, 0.3) is 0 Å². The van der Waals surface area contributed by atoms with E-state index in [2.05, 4.69) is 10.1 Å². The van der Waals surface area contributed by atoms with Gasteiger partial charge < -0.3 is 19.9 Å². The Morgan fingerprint density at radius 1 is 1.32 bits per heavy atom. The minimum absolute atomic E-state index is 0.0452. The average molecular weight is 279 g/mol. The summed E-state index contributed by atoms with van der Waals surface area (Å²) in [6.45, 7) is -0.689. The van der Waals surface area contributed by atoms with Gasteiger partial charge in [-0.3, -0.25) is 0 Å². The van der Waals surface area contributed by atoms with Crippen LogP contribution in [0.1, 0.15) is 5.56 Å². The number of aromatic hydroxyl groups is 1. The largest absolute Gasteiger partial charge is 0.507 e. The maximum absolute atomic E-state index is 11.8. The molecule has 1 aromatic rings. The van der Waals surface area contributed by atoms with Crippen LogP contribution in [0.4, 0.5) is 13.2 Å². The van der Waals surface area contributed by atoms with Gasteiger partial charge in [-0.05, 0) is 6.07 Å². The number of ether oxygens (including phenoxy) is 2. The van der Waals surface area contributed by atoms with Crippen molar-refractivity contribution in [1.29, 1.82) is 0 Å². The molecule has 0 unspecified atom stereocenters. The molecule has 0 fully saturated rings. The molecule has 0 saturated heterocycles. The number of phenolic OH excluding ortho intramolecular Hbond substituents is 1. The molecule has 0 aliphatic rings. The third kappa shape index (κ3) is 6.30. The van der Waals surface area contributed by atoms with Crippen LogP contribution in [0.3, 0.4) is 0 Å². The maximum Gasteiger partial charge on any atom is 0.411 e. The van der Waals surface area contributed by atoms with Crippen molar-refractivity contribution in [2.45, 2.75) is 12.7 Å². The van der Waals surface area contributed by atoms with Crippen molar-refractivity contribution in [1.82, 2.24) is 5.32 Å². The molecule has 0 aliphatic carbocycles. The molecular weight excluding hydrogens is 263 g/mol. The second-order valence-electron chi connectivity index (χ2n) is 3.84. The molecule has 0 aromatic heterocycles. The van der Waals surface area contributed by atoms with Gasteiger partial charge in [0, 0.05) is 24.7 Å². The van der Waals surface area contributed by atoms with E-state index in [0.717, 1.165) is 0 Å². The van der Waals surface area contributed by atoms with E-state index in [9.17, 15) is 18.3 Å². The van der Waals surface area contributed by atoms with E-state index in [4.69, 9.17) is 4.74 Å². The summed E-state index contributed by atoms with van der Waals surface area (Å²) in [7, 11) is 1.49. The van der Waals surface area contributed by atoms with Gasteiger partial charge in [0.15, 0.2) is 0 Å². The maximum atomic E-state index is 11.8. The lowest BCUT2D eigenvalue weighted by Crippen LogP contribution is -2.23. The number of alkyl halides is 3. The first-order valence-electron chi connectivity index (χ1n) is 5.63. The van der Waals surface area contributed by atoms with E-state index >= 15 is 0 Å². The highest BCUT2D eigenvalue weighted by molar-refractivity contribution is 5.39. The van der Waals surface area contributed by atoms with Crippen LogP contribution in [0.2, 0.25) is 0 Å². The summed E-state index contributed by atoms with van der Waals surface area (Å²) in [5, 5.41) is 12.5. The molecule has 2 N–H and O–H groups in total. The molecule has 0 amide bonds. The molecule has 19 heavy (non-hydrogen) atoms. The molecule has 1 aromatic carbocycles. The van der Waals surface area contributed by atoms with Crippen LogP contribution in [0.5, 0.6) is 11.5 Å². The molecular formula is C12H16F3NO3. The predicted octanol–water partition coefficient (Wildman–Crippen LogP) is 2.07. The van der Waals surface area contributed by atoms with Crippen LogP contribution in [0.15, 0.2) is 18.2 Å². The fourth-order valence-electron chi connectivity index (χ4n) is 1.38. The Morgan fingerprint density at radius 3 is 2.63 bits per heavy atom. The van der Waals surface area contributed by atoms with Crippen LogP contribution >= 0.6 is 0 Å². The minimum atomic E-state index is -4.30. The van der Waals surface area contributed by atoms with Crippen LogP contribution in [-0.4, -0.2) is 38.2 Å². The van der Waals surface area contributed by atoms with Crippen molar-refractivity contribution in [2.75, 3.05) is 26.9 Å². The molecule has 0 saturated carbocycles.